The van der Waals surface area contributed by atoms with Gasteiger partial charge in [-0.3, -0.25) is 0 Å². The maximum Gasteiger partial charge on any atom is 0.0700 e. The Hall–Kier alpha value is -0.120. The summed E-state index contributed by atoms with van der Waals surface area (Å²) in [6, 6.07) is 0. The summed E-state index contributed by atoms with van der Waals surface area (Å²) >= 11 is 0. The van der Waals surface area contributed by atoms with Gasteiger partial charge < -0.3 is 14.8 Å². The molecule has 0 spiro atoms. The zero-order valence-electron chi connectivity index (χ0n) is 12.2. The van der Waals surface area contributed by atoms with Crippen LogP contribution in [0.25, 0.3) is 0 Å². The van der Waals surface area contributed by atoms with E-state index in [9.17, 15) is 0 Å². The molecule has 0 heterocycles. The zero-order chi connectivity index (χ0) is 13.0. The summed E-state index contributed by atoms with van der Waals surface area (Å²) < 4.78 is 10.4. The third-order valence-corrected chi connectivity index (χ3v) is 3.33. The quantitative estimate of drug-likeness (QED) is 0.536. The lowest BCUT2D eigenvalue weighted by atomic mass is 9.83. The molecule has 1 unspecified atom stereocenters. The molecular formula is C14H31NO2. The van der Waals surface area contributed by atoms with Crippen molar-refractivity contribution in [1.82, 2.24) is 5.32 Å². The molecule has 0 saturated carbocycles. The van der Waals surface area contributed by atoms with Gasteiger partial charge in [-0.1, -0.05) is 20.8 Å². The van der Waals surface area contributed by atoms with Crippen LogP contribution in [0.3, 0.4) is 0 Å². The molecule has 0 bridgehead atoms. The average Bonchev–Trinajstić information content (AvgIpc) is 2.34. The lowest BCUT2D eigenvalue weighted by molar-refractivity contribution is 0.0638. The zero-order valence-corrected chi connectivity index (χ0v) is 12.2. The van der Waals surface area contributed by atoms with Crippen molar-refractivity contribution in [2.75, 3.05) is 40.0 Å². The summed E-state index contributed by atoms with van der Waals surface area (Å²) in [4.78, 5) is 0. The first kappa shape index (κ1) is 16.9. The summed E-state index contributed by atoms with van der Waals surface area (Å²) in [5.41, 5.74) is 0.416. The standard InChI is InChI=1S/C14H31NO2/c1-5-9-15-13-14(3,6-2)8-7-10-17-12-11-16-4/h15H,5-13H2,1-4H3. The van der Waals surface area contributed by atoms with Gasteiger partial charge in [0.25, 0.3) is 0 Å². The molecule has 0 aromatic rings. The van der Waals surface area contributed by atoms with E-state index in [1.165, 1.54) is 19.3 Å². The van der Waals surface area contributed by atoms with Crippen LogP contribution in [-0.4, -0.2) is 40.0 Å². The Labute approximate surface area is 107 Å². The Bertz CT molecular complexity index is 164. The van der Waals surface area contributed by atoms with E-state index in [4.69, 9.17) is 9.47 Å². The van der Waals surface area contributed by atoms with E-state index in [0.29, 0.717) is 18.6 Å². The predicted molar refractivity (Wildman–Crippen MR) is 73.5 cm³/mol. The van der Waals surface area contributed by atoms with E-state index in [1.54, 1.807) is 7.11 Å². The van der Waals surface area contributed by atoms with E-state index < -0.39 is 0 Å². The Morgan fingerprint density at radius 1 is 1.12 bits per heavy atom. The van der Waals surface area contributed by atoms with Crippen molar-refractivity contribution in [1.29, 1.82) is 0 Å². The molecule has 0 aliphatic heterocycles. The molecule has 0 radical (unpaired) electrons. The van der Waals surface area contributed by atoms with Crippen LogP contribution < -0.4 is 5.32 Å². The van der Waals surface area contributed by atoms with Gasteiger partial charge >= 0.3 is 0 Å². The van der Waals surface area contributed by atoms with Crippen molar-refractivity contribution in [3.63, 3.8) is 0 Å². The number of ether oxygens (including phenoxy) is 2. The van der Waals surface area contributed by atoms with E-state index in [-0.39, 0.29) is 0 Å². The molecule has 0 rings (SSSR count). The Kier molecular flexibility index (Phi) is 10.9. The predicted octanol–water partition coefficient (Wildman–Crippen LogP) is 2.85. The van der Waals surface area contributed by atoms with Crippen LogP contribution in [0.1, 0.15) is 46.5 Å². The van der Waals surface area contributed by atoms with Gasteiger partial charge in [-0.25, -0.2) is 0 Å². The Morgan fingerprint density at radius 2 is 1.88 bits per heavy atom. The fourth-order valence-corrected chi connectivity index (χ4v) is 1.80. The van der Waals surface area contributed by atoms with Crippen LogP contribution in [0.15, 0.2) is 0 Å². The minimum absolute atomic E-state index is 0.416. The van der Waals surface area contributed by atoms with Crippen molar-refractivity contribution in [2.24, 2.45) is 5.41 Å². The molecule has 0 aromatic heterocycles. The number of hydrogen-bond acceptors (Lipinski definition) is 3. The number of nitrogens with one attached hydrogen (secondary N) is 1. The second-order valence-electron chi connectivity index (χ2n) is 5.05. The minimum atomic E-state index is 0.416. The molecule has 1 atom stereocenters. The number of hydrogen-bond donors (Lipinski definition) is 1. The summed E-state index contributed by atoms with van der Waals surface area (Å²) in [6.07, 6.45) is 4.80. The monoisotopic (exact) mass is 245 g/mol. The fraction of sp³-hybridized carbons (Fsp3) is 1.00. The van der Waals surface area contributed by atoms with Gasteiger partial charge in [0.2, 0.25) is 0 Å². The lowest BCUT2D eigenvalue weighted by Gasteiger charge is -2.28. The summed E-state index contributed by atoms with van der Waals surface area (Å²) in [6.45, 7) is 11.4. The average molecular weight is 245 g/mol. The van der Waals surface area contributed by atoms with Crippen LogP contribution in [0, 0.1) is 5.41 Å². The van der Waals surface area contributed by atoms with Crippen LogP contribution in [0.2, 0.25) is 0 Å². The van der Waals surface area contributed by atoms with Crippen molar-refractivity contribution in [3.05, 3.63) is 0 Å². The lowest BCUT2D eigenvalue weighted by Crippen LogP contribution is -2.32. The van der Waals surface area contributed by atoms with Crippen LogP contribution >= 0.6 is 0 Å². The molecule has 0 aromatic carbocycles. The molecule has 3 nitrogen and oxygen atoms in total. The number of rotatable bonds is 12. The maximum atomic E-state index is 5.49. The smallest absolute Gasteiger partial charge is 0.0700 e. The van der Waals surface area contributed by atoms with Crippen molar-refractivity contribution in [2.45, 2.75) is 46.5 Å². The topological polar surface area (TPSA) is 30.5 Å². The van der Waals surface area contributed by atoms with Crippen molar-refractivity contribution >= 4 is 0 Å². The fourth-order valence-electron chi connectivity index (χ4n) is 1.80. The van der Waals surface area contributed by atoms with E-state index >= 15 is 0 Å². The van der Waals surface area contributed by atoms with Gasteiger partial charge in [-0.15, -0.1) is 0 Å². The normalized spacial score (nSPS) is 14.8. The minimum Gasteiger partial charge on any atom is -0.382 e. The molecule has 17 heavy (non-hydrogen) atoms. The molecule has 0 amide bonds. The highest BCUT2D eigenvalue weighted by molar-refractivity contribution is 4.75. The third kappa shape index (κ3) is 9.57. The Balaban J connectivity index is 3.57. The van der Waals surface area contributed by atoms with Gasteiger partial charge in [0.15, 0.2) is 0 Å². The highest BCUT2D eigenvalue weighted by Crippen LogP contribution is 2.26. The first-order chi connectivity index (χ1) is 8.18. The summed E-state index contributed by atoms with van der Waals surface area (Å²) in [5, 5.41) is 3.53. The molecular weight excluding hydrogens is 214 g/mol. The Morgan fingerprint density at radius 3 is 2.47 bits per heavy atom. The second-order valence-corrected chi connectivity index (χ2v) is 5.05. The molecule has 1 N–H and O–H groups in total. The number of methoxy groups -OCH3 is 1. The largest absolute Gasteiger partial charge is 0.382 e. The van der Waals surface area contributed by atoms with Gasteiger partial charge in [-0.05, 0) is 37.6 Å². The van der Waals surface area contributed by atoms with Gasteiger partial charge in [0, 0.05) is 20.3 Å². The second kappa shape index (κ2) is 11.0. The van der Waals surface area contributed by atoms with Crippen LogP contribution in [0.5, 0.6) is 0 Å². The highest BCUT2D eigenvalue weighted by Gasteiger charge is 2.20. The first-order valence-corrected chi connectivity index (χ1v) is 6.96. The van der Waals surface area contributed by atoms with Crippen LogP contribution in [-0.2, 0) is 9.47 Å². The first-order valence-electron chi connectivity index (χ1n) is 6.96. The SMILES string of the molecule is CCCNCC(C)(CC)CCCOCCOC. The van der Waals surface area contributed by atoms with E-state index in [1.807, 2.05) is 0 Å². The van der Waals surface area contributed by atoms with E-state index in [0.717, 1.165) is 26.1 Å². The molecule has 104 valence electrons. The molecule has 3 heteroatoms. The summed E-state index contributed by atoms with van der Waals surface area (Å²) in [5.74, 6) is 0. The maximum absolute atomic E-state index is 5.49. The summed E-state index contributed by atoms with van der Waals surface area (Å²) in [7, 11) is 1.71. The van der Waals surface area contributed by atoms with Gasteiger partial charge in [0.05, 0.1) is 13.2 Å². The third-order valence-electron chi connectivity index (χ3n) is 3.33. The highest BCUT2D eigenvalue weighted by atomic mass is 16.5. The van der Waals surface area contributed by atoms with Crippen molar-refractivity contribution in [3.8, 4) is 0 Å². The van der Waals surface area contributed by atoms with E-state index in [2.05, 4.69) is 26.1 Å². The van der Waals surface area contributed by atoms with Crippen LogP contribution in [0.4, 0.5) is 0 Å². The van der Waals surface area contributed by atoms with Crippen molar-refractivity contribution < 1.29 is 9.47 Å². The van der Waals surface area contributed by atoms with Gasteiger partial charge in [0.1, 0.15) is 0 Å². The van der Waals surface area contributed by atoms with Gasteiger partial charge in [-0.2, -0.15) is 0 Å². The molecule has 0 saturated heterocycles. The molecule has 0 fully saturated rings. The molecule has 0 aliphatic rings. The molecule has 0 aliphatic carbocycles.